The van der Waals surface area contributed by atoms with Crippen molar-refractivity contribution in [3.63, 3.8) is 0 Å². The van der Waals surface area contributed by atoms with Gasteiger partial charge in [0.15, 0.2) is 17.2 Å². The van der Waals surface area contributed by atoms with Gasteiger partial charge in [-0.3, -0.25) is 9.69 Å². The molecular formula is C19H23N9O4. The second-order valence-corrected chi connectivity index (χ2v) is 7.24. The maximum Gasteiger partial charge on any atom is 0.292 e. The number of carbonyl (C=O) groups is 1. The molecule has 1 aliphatic rings. The SMILES string of the molecule is COc1ccc(/C=N\NC(=O)c2c(CN3CCCCC3)nnn2-c2nonc2N)cc1O. The number of likely N-dealkylation sites (tertiary alicyclic amines) is 1. The van der Waals surface area contributed by atoms with Gasteiger partial charge < -0.3 is 15.6 Å². The first-order valence-corrected chi connectivity index (χ1v) is 10.0. The molecule has 1 amide bonds. The standard InChI is InChI=1S/C19H23N9O4/c1-31-15-6-5-12(9-14(15)29)10-21-23-19(30)16-13(11-27-7-3-2-4-8-27)22-26-28(16)18-17(20)24-32-25-18/h5-6,9-10,29H,2-4,7-8,11H2,1H3,(H2,20,24)(H,23,30)/b21-10-. The molecule has 0 atom stereocenters. The summed E-state index contributed by atoms with van der Waals surface area (Å²) in [5.74, 6) is -0.217. The fraction of sp³-hybridized carbons (Fsp3) is 0.368. The quantitative estimate of drug-likeness (QED) is 0.350. The first kappa shape index (κ1) is 21.2. The van der Waals surface area contributed by atoms with E-state index in [2.05, 4.69) is 40.7 Å². The minimum Gasteiger partial charge on any atom is -0.504 e. The van der Waals surface area contributed by atoms with Gasteiger partial charge >= 0.3 is 0 Å². The average molecular weight is 441 g/mol. The van der Waals surface area contributed by atoms with Crippen LogP contribution in [-0.4, -0.2) is 67.6 Å². The van der Waals surface area contributed by atoms with Crippen molar-refractivity contribution >= 4 is 17.9 Å². The van der Waals surface area contributed by atoms with Crippen LogP contribution >= 0.6 is 0 Å². The van der Waals surface area contributed by atoms with E-state index >= 15 is 0 Å². The van der Waals surface area contributed by atoms with E-state index in [0.717, 1.165) is 25.9 Å². The summed E-state index contributed by atoms with van der Waals surface area (Å²) in [5, 5.41) is 29.3. The highest BCUT2D eigenvalue weighted by atomic mass is 16.6. The van der Waals surface area contributed by atoms with Gasteiger partial charge in [0.1, 0.15) is 5.69 Å². The van der Waals surface area contributed by atoms with Crippen molar-refractivity contribution in [3.8, 4) is 17.3 Å². The number of amides is 1. The van der Waals surface area contributed by atoms with E-state index in [9.17, 15) is 9.90 Å². The smallest absolute Gasteiger partial charge is 0.292 e. The molecule has 0 aliphatic carbocycles. The average Bonchev–Trinajstić information content (AvgIpc) is 3.40. The molecule has 4 rings (SSSR count). The molecule has 1 aromatic carbocycles. The number of aromatic hydroxyl groups is 1. The Labute approximate surface area is 182 Å². The number of hydrazone groups is 1. The highest BCUT2D eigenvalue weighted by molar-refractivity contribution is 5.95. The number of ether oxygens (including phenoxy) is 1. The van der Waals surface area contributed by atoms with E-state index in [1.165, 1.54) is 30.5 Å². The molecule has 1 aliphatic heterocycles. The van der Waals surface area contributed by atoms with Crippen molar-refractivity contribution in [1.82, 2.24) is 35.6 Å². The van der Waals surface area contributed by atoms with Crippen molar-refractivity contribution in [2.45, 2.75) is 25.8 Å². The highest BCUT2D eigenvalue weighted by Crippen LogP contribution is 2.25. The number of rotatable bonds is 7. The molecule has 3 aromatic rings. The van der Waals surface area contributed by atoms with Crippen LogP contribution in [0, 0.1) is 0 Å². The van der Waals surface area contributed by atoms with Gasteiger partial charge in [0.25, 0.3) is 5.91 Å². The molecule has 0 spiro atoms. The Morgan fingerprint density at radius 2 is 2.16 bits per heavy atom. The summed E-state index contributed by atoms with van der Waals surface area (Å²) in [6.45, 7) is 2.28. The van der Waals surface area contributed by atoms with Crippen LogP contribution in [0.25, 0.3) is 5.82 Å². The van der Waals surface area contributed by atoms with Crippen LogP contribution in [0.2, 0.25) is 0 Å². The van der Waals surface area contributed by atoms with Crippen LogP contribution in [-0.2, 0) is 6.54 Å². The number of phenolic OH excluding ortho intramolecular Hbond substituents is 1. The Morgan fingerprint density at radius 1 is 1.34 bits per heavy atom. The van der Waals surface area contributed by atoms with Gasteiger partial charge in [-0.15, -0.1) is 5.10 Å². The molecule has 3 heterocycles. The summed E-state index contributed by atoms with van der Waals surface area (Å²) < 4.78 is 10.8. The van der Waals surface area contributed by atoms with E-state index in [1.54, 1.807) is 12.1 Å². The van der Waals surface area contributed by atoms with Crippen LogP contribution in [0.1, 0.15) is 41.0 Å². The second-order valence-electron chi connectivity index (χ2n) is 7.24. The maximum atomic E-state index is 13.0. The minimum absolute atomic E-state index is 0.0225. The molecule has 2 aromatic heterocycles. The number of nitrogen functional groups attached to an aromatic ring is 1. The largest absolute Gasteiger partial charge is 0.504 e. The summed E-state index contributed by atoms with van der Waals surface area (Å²) in [6.07, 6.45) is 4.76. The lowest BCUT2D eigenvalue weighted by molar-refractivity contribution is 0.0944. The Bertz CT molecular complexity index is 1120. The van der Waals surface area contributed by atoms with Crippen molar-refractivity contribution in [3.05, 3.63) is 35.2 Å². The van der Waals surface area contributed by atoms with E-state index in [1.807, 2.05) is 0 Å². The normalized spacial score (nSPS) is 14.7. The maximum absolute atomic E-state index is 13.0. The molecule has 0 bridgehead atoms. The summed E-state index contributed by atoms with van der Waals surface area (Å²) in [4.78, 5) is 15.2. The number of aromatic nitrogens is 5. The number of nitrogens with zero attached hydrogens (tertiary/aromatic N) is 7. The molecule has 1 fully saturated rings. The second kappa shape index (κ2) is 9.43. The van der Waals surface area contributed by atoms with Gasteiger partial charge in [-0.1, -0.05) is 11.6 Å². The fourth-order valence-electron chi connectivity index (χ4n) is 3.47. The zero-order chi connectivity index (χ0) is 22.5. The monoisotopic (exact) mass is 441 g/mol. The molecule has 1 saturated heterocycles. The van der Waals surface area contributed by atoms with Gasteiger partial charge in [0.2, 0.25) is 11.6 Å². The van der Waals surface area contributed by atoms with Crippen LogP contribution in [0.3, 0.4) is 0 Å². The lowest BCUT2D eigenvalue weighted by Crippen LogP contribution is -2.31. The van der Waals surface area contributed by atoms with Crippen molar-refractivity contribution < 1.29 is 19.3 Å². The highest BCUT2D eigenvalue weighted by Gasteiger charge is 2.26. The molecule has 0 radical (unpaired) electrons. The van der Waals surface area contributed by atoms with Crippen LogP contribution in [0.4, 0.5) is 5.82 Å². The van der Waals surface area contributed by atoms with E-state index in [4.69, 9.17) is 10.5 Å². The third kappa shape index (κ3) is 4.51. The molecule has 13 nitrogen and oxygen atoms in total. The lowest BCUT2D eigenvalue weighted by Gasteiger charge is -2.25. The van der Waals surface area contributed by atoms with Crippen molar-refractivity contribution in [1.29, 1.82) is 0 Å². The number of hydrogen-bond acceptors (Lipinski definition) is 11. The number of carbonyl (C=O) groups excluding carboxylic acids is 1. The molecule has 0 unspecified atom stereocenters. The number of benzene rings is 1. The van der Waals surface area contributed by atoms with Crippen LogP contribution < -0.4 is 15.9 Å². The minimum atomic E-state index is -0.557. The molecule has 4 N–H and O–H groups in total. The summed E-state index contributed by atoms with van der Waals surface area (Å²) >= 11 is 0. The number of anilines is 1. The first-order chi connectivity index (χ1) is 15.6. The third-order valence-electron chi connectivity index (χ3n) is 5.06. The van der Waals surface area contributed by atoms with Gasteiger partial charge in [0.05, 0.1) is 13.3 Å². The van der Waals surface area contributed by atoms with E-state index in [-0.39, 0.29) is 23.1 Å². The summed E-state index contributed by atoms with van der Waals surface area (Å²) in [5.41, 5.74) is 9.41. The van der Waals surface area contributed by atoms with Gasteiger partial charge in [-0.05, 0) is 60.0 Å². The Hall–Kier alpha value is -4.00. The number of phenols is 1. The number of piperidine rings is 1. The first-order valence-electron chi connectivity index (χ1n) is 10.0. The van der Waals surface area contributed by atoms with Crippen LogP contribution in [0.15, 0.2) is 27.9 Å². The Balaban J connectivity index is 1.57. The van der Waals surface area contributed by atoms with Gasteiger partial charge in [-0.25, -0.2) is 10.1 Å². The van der Waals surface area contributed by atoms with E-state index < -0.39 is 5.91 Å². The topological polar surface area (TPSA) is 170 Å². The van der Waals surface area contributed by atoms with Crippen LogP contribution in [0.5, 0.6) is 11.5 Å². The molecule has 168 valence electrons. The number of methoxy groups -OCH3 is 1. The lowest BCUT2D eigenvalue weighted by atomic mass is 10.1. The van der Waals surface area contributed by atoms with Crippen molar-refractivity contribution in [2.24, 2.45) is 5.10 Å². The molecule has 32 heavy (non-hydrogen) atoms. The molecule has 0 saturated carbocycles. The third-order valence-corrected chi connectivity index (χ3v) is 5.06. The van der Waals surface area contributed by atoms with Gasteiger partial charge in [0, 0.05) is 6.54 Å². The molecule has 13 heteroatoms. The number of hydrogen-bond donors (Lipinski definition) is 3. The zero-order valence-corrected chi connectivity index (χ0v) is 17.4. The Kier molecular flexibility index (Phi) is 6.26. The summed E-state index contributed by atoms with van der Waals surface area (Å²) in [7, 11) is 1.46. The number of nitrogens with one attached hydrogen (secondary N) is 1. The van der Waals surface area contributed by atoms with Gasteiger partial charge in [-0.2, -0.15) is 9.78 Å². The predicted molar refractivity (Wildman–Crippen MR) is 112 cm³/mol. The fourth-order valence-corrected chi connectivity index (χ4v) is 3.47. The van der Waals surface area contributed by atoms with E-state index in [0.29, 0.717) is 23.6 Å². The molecular weight excluding hydrogens is 418 g/mol. The summed E-state index contributed by atoms with van der Waals surface area (Å²) in [6, 6.07) is 4.74. The number of nitrogens with two attached hydrogens (primary N) is 1. The Morgan fingerprint density at radius 3 is 2.84 bits per heavy atom. The zero-order valence-electron chi connectivity index (χ0n) is 17.4. The predicted octanol–water partition coefficient (Wildman–Crippen LogP) is 0.696. The van der Waals surface area contributed by atoms with Crippen molar-refractivity contribution in [2.75, 3.05) is 25.9 Å².